The second-order valence-corrected chi connectivity index (χ2v) is 3.59. The number of carbonyl (C=O) groups is 2. The molecule has 0 bridgehead atoms. The van der Waals surface area contributed by atoms with E-state index in [-0.39, 0.29) is 12.5 Å². The highest BCUT2D eigenvalue weighted by Gasteiger charge is 2.22. The van der Waals surface area contributed by atoms with Gasteiger partial charge in [-0.15, -0.1) is 0 Å². The lowest BCUT2D eigenvalue weighted by Crippen LogP contribution is -2.40. The number of aliphatic carboxylic acids is 1. The van der Waals surface area contributed by atoms with E-state index in [1.807, 2.05) is 0 Å². The molecule has 1 aliphatic carbocycles. The van der Waals surface area contributed by atoms with Gasteiger partial charge in [0.1, 0.15) is 12.6 Å². The van der Waals surface area contributed by atoms with E-state index >= 15 is 0 Å². The van der Waals surface area contributed by atoms with E-state index in [2.05, 4.69) is 5.32 Å². The van der Waals surface area contributed by atoms with E-state index in [1.165, 1.54) is 19.8 Å². The van der Waals surface area contributed by atoms with Crippen molar-refractivity contribution in [2.45, 2.75) is 25.8 Å². The van der Waals surface area contributed by atoms with Crippen molar-refractivity contribution < 1.29 is 19.4 Å². The molecule has 1 amide bonds. The van der Waals surface area contributed by atoms with Crippen LogP contribution in [0.3, 0.4) is 0 Å². The molecule has 1 fully saturated rings. The van der Waals surface area contributed by atoms with Gasteiger partial charge >= 0.3 is 5.97 Å². The smallest absolute Gasteiger partial charge is 0.325 e. The molecule has 1 rings (SSSR count). The van der Waals surface area contributed by atoms with Gasteiger partial charge in [-0.05, 0) is 25.7 Å². The van der Waals surface area contributed by atoms with Crippen molar-refractivity contribution in [2.24, 2.45) is 5.92 Å². The highest BCUT2D eigenvalue weighted by atomic mass is 16.5. The van der Waals surface area contributed by atoms with Crippen molar-refractivity contribution in [2.75, 3.05) is 13.2 Å². The fourth-order valence-electron chi connectivity index (χ4n) is 0.948. The number of ether oxygens (including phenoxy) is 1. The molecular formula is C9H15NO4. The van der Waals surface area contributed by atoms with Crippen LogP contribution in [-0.2, 0) is 14.3 Å². The van der Waals surface area contributed by atoms with Crippen molar-refractivity contribution >= 4 is 11.9 Å². The average Bonchev–Trinajstić information content (AvgIpc) is 2.87. The number of carbonyl (C=O) groups excluding carboxylic acids is 1. The standard InChI is InChI=1S/C9H15NO4/c1-6(9(12)13)10-8(11)5-14-4-7-2-3-7/h6-7H,2-5H2,1H3,(H,10,11)(H,12,13)/t6-/m1/s1. The number of hydrogen-bond donors (Lipinski definition) is 2. The molecule has 0 aromatic heterocycles. The minimum absolute atomic E-state index is 0.0475. The highest BCUT2D eigenvalue weighted by molar-refractivity contribution is 5.83. The molecule has 5 heteroatoms. The predicted octanol–water partition coefficient (Wildman–Crippen LogP) is 0.00230. The topological polar surface area (TPSA) is 75.6 Å². The van der Waals surface area contributed by atoms with Gasteiger partial charge in [0.15, 0.2) is 0 Å². The Hall–Kier alpha value is -1.10. The van der Waals surface area contributed by atoms with Crippen LogP contribution in [0.15, 0.2) is 0 Å². The van der Waals surface area contributed by atoms with E-state index in [0.717, 1.165) is 0 Å². The van der Waals surface area contributed by atoms with Gasteiger partial charge in [0.25, 0.3) is 0 Å². The lowest BCUT2D eigenvalue weighted by molar-refractivity contribution is -0.142. The van der Waals surface area contributed by atoms with E-state index < -0.39 is 12.0 Å². The number of carboxylic acids is 1. The van der Waals surface area contributed by atoms with Gasteiger partial charge < -0.3 is 15.2 Å². The van der Waals surface area contributed by atoms with Gasteiger partial charge in [0, 0.05) is 0 Å². The molecule has 0 unspecified atom stereocenters. The summed E-state index contributed by atoms with van der Waals surface area (Å²) in [6.07, 6.45) is 2.35. The summed E-state index contributed by atoms with van der Waals surface area (Å²) in [5.41, 5.74) is 0. The molecule has 0 spiro atoms. The minimum Gasteiger partial charge on any atom is -0.480 e. The van der Waals surface area contributed by atoms with Crippen LogP contribution in [0.25, 0.3) is 0 Å². The second-order valence-electron chi connectivity index (χ2n) is 3.59. The largest absolute Gasteiger partial charge is 0.480 e. The SMILES string of the molecule is C[C@@H](NC(=O)COCC1CC1)C(=O)O. The van der Waals surface area contributed by atoms with Gasteiger partial charge in [-0.25, -0.2) is 0 Å². The molecule has 1 saturated carbocycles. The number of carboxylic acid groups (broad SMARTS) is 1. The van der Waals surface area contributed by atoms with Gasteiger partial charge in [-0.2, -0.15) is 0 Å². The first kappa shape index (κ1) is 11.0. The van der Waals surface area contributed by atoms with Crippen LogP contribution in [0.1, 0.15) is 19.8 Å². The Morgan fingerprint density at radius 3 is 2.71 bits per heavy atom. The molecule has 1 atom stereocenters. The van der Waals surface area contributed by atoms with Crippen LogP contribution >= 0.6 is 0 Å². The summed E-state index contributed by atoms with van der Waals surface area (Å²) in [6, 6.07) is -0.855. The summed E-state index contributed by atoms with van der Waals surface area (Å²) in [4.78, 5) is 21.4. The minimum atomic E-state index is -1.04. The van der Waals surface area contributed by atoms with Gasteiger partial charge in [-0.3, -0.25) is 9.59 Å². The van der Waals surface area contributed by atoms with Crippen molar-refractivity contribution in [1.82, 2.24) is 5.32 Å². The zero-order valence-electron chi connectivity index (χ0n) is 8.16. The Morgan fingerprint density at radius 2 is 2.21 bits per heavy atom. The highest BCUT2D eigenvalue weighted by Crippen LogP contribution is 2.28. The van der Waals surface area contributed by atoms with Crippen LogP contribution in [0, 0.1) is 5.92 Å². The van der Waals surface area contributed by atoms with Crippen LogP contribution in [0.2, 0.25) is 0 Å². The Labute approximate surface area is 82.4 Å². The number of nitrogens with one attached hydrogen (secondary N) is 1. The maximum atomic E-state index is 11.1. The monoisotopic (exact) mass is 201 g/mol. The lowest BCUT2D eigenvalue weighted by Gasteiger charge is -2.09. The summed E-state index contributed by atoms with van der Waals surface area (Å²) in [6.45, 7) is 1.98. The fraction of sp³-hybridized carbons (Fsp3) is 0.778. The Bertz CT molecular complexity index is 225. The van der Waals surface area contributed by atoms with Crippen LogP contribution in [0.4, 0.5) is 0 Å². The second kappa shape index (κ2) is 4.95. The van der Waals surface area contributed by atoms with Crippen molar-refractivity contribution in [3.05, 3.63) is 0 Å². The third-order valence-electron chi connectivity index (χ3n) is 2.03. The fourth-order valence-corrected chi connectivity index (χ4v) is 0.948. The van der Waals surface area contributed by atoms with Gasteiger partial charge in [0.2, 0.25) is 5.91 Å². The molecule has 0 radical (unpaired) electrons. The molecule has 0 aromatic carbocycles. The Balaban J connectivity index is 2.05. The van der Waals surface area contributed by atoms with Gasteiger partial charge in [-0.1, -0.05) is 0 Å². The summed E-state index contributed by atoms with van der Waals surface area (Å²) >= 11 is 0. The third kappa shape index (κ3) is 4.23. The van der Waals surface area contributed by atoms with Gasteiger partial charge in [0.05, 0.1) is 6.61 Å². The van der Waals surface area contributed by atoms with Crippen molar-refractivity contribution in [3.8, 4) is 0 Å². The van der Waals surface area contributed by atoms with E-state index in [0.29, 0.717) is 12.5 Å². The summed E-state index contributed by atoms with van der Waals surface area (Å²) in [5.74, 6) is -0.805. The van der Waals surface area contributed by atoms with Crippen LogP contribution in [-0.4, -0.2) is 36.2 Å². The van der Waals surface area contributed by atoms with E-state index in [9.17, 15) is 9.59 Å². The van der Waals surface area contributed by atoms with E-state index in [4.69, 9.17) is 9.84 Å². The molecule has 0 heterocycles. The molecule has 80 valence electrons. The van der Waals surface area contributed by atoms with Crippen molar-refractivity contribution in [1.29, 1.82) is 0 Å². The zero-order chi connectivity index (χ0) is 10.6. The van der Waals surface area contributed by atoms with Crippen LogP contribution < -0.4 is 5.32 Å². The quantitative estimate of drug-likeness (QED) is 0.634. The molecule has 0 aliphatic heterocycles. The summed E-state index contributed by atoms with van der Waals surface area (Å²) < 4.78 is 5.10. The maximum Gasteiger partial charge on any atom is 0.325 e. The molecule has 0 aromatic rings. The Morgan fingerprint density at radius 1 is 1.57 bits per heavy atom. The zero-order valence-corrected chi connectivity index (χ0v) is 8.16. The first-order valence-corrected chi connectivity index (χ1v) is 4.69. The number of amides is 1. The van der Waals surface area contributed by atoms with Crippen LogP contribution in [0.5, 0.6) is 0 Å². The van der Waals surface area contributed by atoms with E-state index in [1.54, 1.807) is 0 Å². The molecule has 2 N–H and O–H groups in total. The summed E-state index contributed by atoms with van der Waals surface area (Å²) in [7, 11) is 0. The maximum absolute atomic E-state index is 11.1. The predicted molar refractivity (Wildman–Crippen MR) is 48.8 cm³/mol. The molecular weight excluding hydrogens is 186 g/mol. The molecule has 0 saturated heterocycles. The molecule has 1 aliphatic rings. The number of rotatable bonds is 6. The normalized spacial score (nSPS) is 17.5. The third-order valence-corrected chi connectivity index (χ3v) is 2.03. The Kier molecular flexibility index (Phi) is 3.88. The molecule has 14 heavy (non-hydrogen) atoms. The number of hydrogen-bond acceptors (Lipinski definition) is 3. The first-order valence-electron chi connectivity index (χ1n) is 4.69. The lowest BCUT2D eigenvalue weighted by atomic mass is 10.3. The first-order chi connectivity index (χ1) is 6.59. The van der Waals surface area contributed by atoms with Crippen molar-refractivity contribution in [3.63, 3.8) is 0 Å². The molecule has 5 nitrogen and oxygen atoms in total. The average molecular weight is 201 g/mol. The summed E-state index contributed by atoms with van der Waals surface area (Å²) in [5, 5.41) is 10.8.